The van der Waals surface area contributed by atoms with Crippen molar-refractivity contribution >= 4 is 17.3 Å². The fourth-order valence-corrected chi connectivity index (χ4v) is 1.75. The van der Waals surface area contributed by atoms with Crippen LogP contribution in [0.1, 0.15) is 20.3 Å². The molecule has 0 aromatic carbocycles. The molecule has 0 atom stereocenters. The summed E-state index contributed by atoms with van der Waals surface area (Å²) in [6.45, 7) is 5.38. The largest absolute Gasteiger partial charge is 0.382 e. The molecule has 0 saturated heterocycles. The summed E-state index contributed by atoms with van der Waals surface area (Å²) in [6, 6.07) is 0. The van der Waals surface area contributed by atoms with E-state index in [0.717, 1.165) is 24.4 Å². The third kappa shape index (κ3) is 2.49. The molecular weight excluding hydrogens is 214 g/mol. The molecule has 0 aliphatic heterocycles. The van der Waals surface area contributed by atoms with Crippen LogP contribution in [0.5, 0.6) is 0 Å². The normalized spacial score (nSPS) is 11.3. The number of nitrogen functional groups attached to an aromatic ring is 1. The summed E-state index contributed by atoms with van der Waals surface area (Å²) in [5.41, 5.74) is 6.64. The summed E-state index contributed by atoms with van der Waals surface area (Å²) in [5, 5.41) is 0. The van der Waals surface area contributed by atoms with Gasteiger partial charge < -0.3 is 15.0 Å². The molecule has 0 unspecified atom stereocenters. The van der Waals surface area contributed by atoms with E-state index in [4.69, 9.17) is 5.73 Å². The van der Waals surface area contributed by atoms with E-state index in [2.05, 4.69) is 28.7 Å². The predicted molar refractivity (Wildman–Crippen MR) is 70.1 cm³/mol. The van der Waals surface area contributed by atoms with Crippen molar-refractivity contribution in [2.24, 2.45) is 5.92 Å². The summed E-state index contributed by atoms with van der Waals surface area (Å²) in [7, 11) is 2.03. The van der Waals surface area contributed by atoms with Crippen molar-refractivity contribution < 1.29 is 0 Å². The number of hydrogen-bond donors (Lipinski definition) is 1. The molecule has 5 nitrogen and oxygen atoms in total. The topological polar surface area (TPSA) is 59.5 Å². The van der Waals surface area contributed by atoms with Crippen molar-refractivity contribution in [1.82, 2.24) is 14.4 Å². The van der Waals surface area contributed by atoms with Crippen molar-refractivity contribution in [3.05, 3.63) is 18.6 Å². The molecule has 17 heavy (non-hydrogen) atoms. The van der Waals surface area contributed by atoms with Crippen molar-refractivity contribution in [3.8, 4) is 0 Å². The minimum Gasteiger partial charge on any atom is -0.382 e. The molecule has 0 spiro atoms. The molecule has 0 aliphatic rings. The van der Waals surface area contributed by atoms with Gasteiger partial charge in [-0.3, -0.25) is 0 Å². The van der Waals surface area contributed by atoms with E-state index >= 15 is 0 Å². The van der Waals surface area contributed by atoms with Gasteiger partial charge in [-0.2, -0.15) is 0 Å². The van der Waals surface area contributed by atoms with Crippen LogP contribution < -0.4 is 10.6 Å². The molecule has 0 amide bonds. The summed E-state index contributed by atoms with van der Waals surface area (Å²) < 4.78 is 1.91. The van der Waals surface area contributed by atoms with E-state index < -0.39 is 0 Å². The molecule has 0 fully saturated rings. The van der Waals surface area contributed by atoms with E-state index in [1.54, 1.807) is 12.4 Å². The zero-order chi connectivity index (χ0) is 12.4. The fraction of sp³-hybridized carbons (Fsp3) is 0.500. The Bertz CT molecular complexity index is 503. The Morgan fingerprint density at radius 3 is 2.94 bits per heavy atom. The van der Waals surface area contributed by atoms with E-state index in [-0.39, 0.29) is 0 Å². The maximum absolute atomic E-state index is 5.79. The van der Waals surface area contributed by atoms with Gasteiger partial charge >= 0.3 is 0 Å². The van der Waals surface area contributed by atoms with E-state index in [9.17, 15) is 0 Å². The highest BCUT2D eigenvalue weighted by Gasteiger charge is 2.11. The second-order valence-corrected chi connectivity index (χ2v) is 4.75. The van der Waals surface area contributed by atoms with Gasteiger partial charge in [0.05, 0.1) is 6.20 Å². The zero-order valence-electron chi connectivity index (χ0n) is 10.6. The van der Waals surface area contributed by atoms with Crippen molar-refractivity contribution in [2.75, 3.05) is 24.2 Å². The minimum absolute atomic E-state index is 0.516. The molecular formula is C12H19N5. The lowest BCUT2D eigenvalue weighted by Crippen LogP contribution is -2.22. The lowest BCUT2D eigenvalue weighted by atomic mass is 10.1. The van der Waals surface area contributed by atoms with Gasteiger partial charge in [0, 0.05) is 26.0 Å². The van der Waals surface area contributed by atoms with Crippen LogP contribution >= 0.6 is 0 Å². The van der Waals surface area contributed by atoms with Crippen LogP contribution in [0, 0.1) is 5.92 Å². The first-order valence-corrected chi connectivity index (χ1v) is 5.88. The monoisotopic (exact) mass is 233 g/mol. The summed E-state index contributed by atoms with van der Waals surface area (Å²) in [6.07, 6.45) is 6.55. The van der Waals surface area contributed by atoms with Gasteiger partial charge in [-0.25, -0.2) is 9.97 Å². The molecule has 2 rings (SSSR count). The lowest BCUT2D eigenvalue weighted by Gasteiger charge is -2.20. The quantitative estimate of drug-likeness (QED) is 0.874. The fourth-order valence-electron chi connectivity index (χ4n) is 1.75. The number of imidazole rings is 1. The standard InChI is InChI=1S/C12H19N5/c1-9(2)4-6-16(3)12-11-14-5-7-17(11)8-10(13)15-12/h5,7-9H,4,6,13H2,1-3H3. The van der Waals surface area contributed by atoms with Gasteiger partial charge in [0.1, 0.15) is 5.82 Å². The van der Waals surface area contributed by atoms with Gasteiger partial charge in [-0.1, -0.05) is 13.8 Å². The Kier molecular flexibility index (Phi) is 3.17. The van der Waals surface area contributed by atoms with Gasteiger partial charge in [-0.15, -0.1) is 0 Å². The predicted octanol–water partition coefficient (Wildman–Crippen LogP) is 1.79. The molecule has 5 heteroatoms. The summed E-state index contributed by atoms with van der Waals surface area (Å²) >= 11 is 0. The Hall–Kier alpha value is -1.78. The first kappa shape index (κ1) is 11.7. The highest BCUT2D eigenvalue weighted by Crippen LogP contribution is 2.18. The maximum Gasteiger partial charge on any atom is 0.180 e. The first-order valence-electron chi connectivity index (χ1n) is 5.88. The molecule has 0 saturated carbocycles. The molecule has 2 heterocycles. The number of rotatable bonds is 4. The first-order chi connectivity index (χ1) is 8.08. The van der Waals surface area contributed by atoms with Gasteiger partial charge in [0.15, 0.2) is 11.5 Å². The third-order valence-electron chi connectivity index (χ3n) is 2.78. The average Bonchev–Trinajstić information content (AvgIpc) is 2.72. The van der Waals surface area contributed by atoms with Crippen LogP contribution in [0.3, 0.4) is 0 Å². The van der Waals surface area contributed by atoms with E-state index in [1.807, 2.05) is 17.6 Å². The highest BCUT2D eigenvalue weighted by molar-refractivity contribution is 5.65. The Labute approximate surface area is 101 Å². The number of nitrogens with zero attached hydrogens (tertiary/aromatic N) is 4. The highest BCUT2D eigenvalue weighted by atomic mass is 15.2. The molecule has 0 aliphatic carbocycles. The molecule has 2 N–H and O–H groups in total. The minimum atomic E-state index is 0.516. The number of aromatic nitrogens is 3. The summed E-state index contributed by atoms with van der Waals surface area (Å²) in [4.78, 5) is 10.8. The summed E-state index contributed by atoms with van der Waals surface area (Å²) in [5.74, 6) is 2.03. The van der Waals surface area contributed by atoms with Crippen molar-refractivity contribution in [3.63, 3.8) is 0 Å². The number of hydrogen-bond acceptors (Lipinski definition) is 4. The van der Waals surface area contributed by atoms with Crippen LogP contribution in [0.4, 0.5) is 11.6 Å². The van der Waals surface area contributed by atoms with Crippen LogP contribution in [0.15, 0.2) is 18.6 Å². The molecule has 2 aromatic rings. The maximum atomic E-state index is 5.79. The average molecular weight is 233 g/mol. The van der Waals surface area contributed by atoms with Crippen LogP contribution in [-0.4, -0.2) is 28.0 Å². The smallest absolute Gasteiger partial charge is 0.180 e. The van der Waals surface area contributed by atoms with Gasteiger partial charge in [0.25, 0.3) is 0 Å². The number of nitrogens with two attached hydrogens (primary N) is 1. The number of fused-ring (bicyclic) bond motifs is 1. The van der Waals surface area contributed by atoms with Crippen LogP contribution in [-0.2, 0) is 0 Å². The SMILES string of the molecule is CC(C)CCN(C)c1nc(N)cn2ccnc12. The molecule has 92 valence electrons. The number of anilines is 2. The van der Waals surface area contributed by atoms with E-state index in [1.165, 1.54) is 0 Å². The molecule has 0 bridgehead atoms. The molecule has 0 radical (unpaired) electrons. The van der Waals surface area contributed by atoms with Gasteiger partial charge in [-0.05, 0) is 12.3 Å². The zero-order valence-corrected chi connectivity index (χ0v) is 10.6. The van der Waals surface area contributed by atoms with E-state index in [0.29, 0.717) is 11.7 Å². The van der Waals surface area contributed by atoms with Crippen molar-refractivity contribution in [2.45, 2.75) is 20.3 Å². The Balaban J connectivity index is 2.30. The van der Waals surface area contributed by atoms with Crippen LogP contribution in [0.2, 0.25) is 0 Å². The second-order valence-electron chi connectivity index (χ2n) is 4.75. The Morgan fingerprint density at radius 1 is 1.47 bits per heavy atom. The third-order valence-corrected chi connectivity index (χ3v) is 2.78. The van der Waals surface area contributed by atoms with Crippen molar-refractivity contribution in [1.29, 1.82) is 0 Å². The second kappa shape index (κ2) is 4.61. The van der Waals surface area contributed by atoms with Gasteiger partial charge in [0.2, 0.25) is 0 Å². The Morgan fingerprint density at radius 2 is 2.24 bits per heavy atom. The molecule has 2 aromatic heterocycles. The lowest BCUT2D eigenvalue weighted by molar-refractivity contribution is 0.584. The van der Waals surface area contributed by atoms with Crippen LogP contribution in [0.25, 0.3) is 5.65 Å².